The van der Waals surface area contributed by atoms with Crippen LogP contribution >= 0.6 is 0 Å². The van der Waals surface area contributed by atoms with Crippen LogP contribution in [0.15, 0.2) is 18.2 Å². The number of nitro groups is 1. The minimum atomic E-state index is -0.315. The summed E-state index contributed by atoms with van der Waals surface area (Å²) in [6.07, 6.45) is 2.31. The van der Waals surface area contributed by atoms with Crippen LogP contribution in [-0.4, -0.2) is 36.5 Å². The first-order valence-corrected chi connectivity index (χ1v) is 6.74. The summed E-state index contributed by atoms with van der Waals surface area (Å²) in [6.45, 7) is 4.95. The third-order valence-corrected chi connectivity index (χ3v) is 3.85. The van der Waals surface area contributed by atoms with Crippen LogP contribution in [-0.2, 0) is 0 Å². The lowest BCUT2D eigenvalue weighted by Crippen LogP contribution is -2.33. The number of anilines is 1. The van der Waals surface area contributed by atoms with E-state index in [1.807, 2.05) is 13.0 Å². The number of nitro benzene ring substituents is 1. The lowest BCUT2D eigenvalue weighted by molar-refractivity contribution is -0.384. The molecule has 0 saturated carbocycles. The van der Waals surface area contributed by atoms with Crippen LogP contribution in [0.5, 0.6) is 0 Å². The fourth-order valence-corrected chi connectivity index (χ4v) is 2.55. The van der Waals surface area contributed by atoms with Crippen molar-refractivity contribution < 1.29 is 4.92 Å². The molecule has 0 unspecified atom stereocenters. The first kappa shape index (κ1) is 13.8. The fourth-order valence-electron chi connectivity index (χ4n) is 2.55. The number of hydrogen-bond donors (Lipinski definition) is 1. The molecule has 0 atom stereocenters. The Balaban J connectivity index is 2.01. The number of nitrogens with zero attached hydrogens (tertiary/aromatic N) is 2. The molecule has 0 aromatic heterocycles. The number of benzene rings is 1. The zero-order valence-electron chi connectivity index (χ0n) is 11.6. The quantitative estimate of drug-likeness (QED) is 0.670. The van der Waals surface area contributed by atoms with Gasteiger partial charge in [0.05, 0.1) is 4.92 Å². The van der Waals surface area contributed by atoms with E-state index in [0.717, 1.165) is 38.0 Å². The molecule has 1 N–H and O–H groups in total. The molecule has 5 nitrogen and oxygen atoms in total. The monoisotopic (exact) mass is 263 g/mol. The van der Waals surface area contributed by atoms with Gasteiger partial charge in [-0.3, -0.25) is 10.1 Å². The minimum Gasteiger partial charge on any atom is -0.379 e. The summed E-state index contributed by atoms with van der Waals surface area (Å²) in [4.78, 5) is 13.0. The van der Waals surface area contributed by atoms with Crippen molar-refractivity contribution in [2.75, 3.05) is 32.0 Å². The van der Waals surface area contributed by atoms with Gasteiger partial charge in [-0.15, -0.1) is 0 Å². The number of piperidine rings is 1. The number of hydrogen-bond acceptors (Lipinski definition) is 4. The van der Waals surface area contributed by atoms with Crippen molar-refractivity contribution in [2.24, 2.45) is 5.92 Å². The summed E-state index contributed by atoms with van der Waals surface area (Å²) in [6, 6.07) is 5.20. The molecule has 0 bridgehead atoms. The Morgan fingerprint density at radius 1 is 1.42 bits per heavy atom. The van der Waals surface area contributed by atoms with E-state index in [2.05, 4.69) is 17.3 Å². The molecular formula is C14H21N3O2. The molecule has 0 amide bonds. The lowest BCUT2D eigenvalue weighted by Gasteiger charge is -2.29. The second-order valence-corrected chi connectivity index (χ2v) is 5.35. The summed E-state index contributed by atoms with van der Waals surface area (Å²) in [7, 11) is 2.13. The van der Waals surface area contributed by atoms with Gasteiger partial charge in [0.25, 0.3) is 5.69 Å². The topological polar surface area (TPSA) is 58.4 Å². The number of nitrogens with one attached hydrogen (secondary N) is 1. The molecule has 1 aromatic rings. The normalized spacial score (nSPS) is 17.4. The maximum Gasteiger partial charge on any atom is 0.292 e. The second-order valence-electron chi connectivity index (χ2n) is 5.35. The first-order valence-electron chi connectivity index (χ1n) is 6.74. The maximum absolute atomic E-state index is 11.0. The van der Waals surface area contributed by atoms with E-state index in [-0.39, 0.29) is 10.6 Å². The highest BCUT2D eigenvalue weighted by Gasteiger charge is 2.19. The number of aryl methyl sites for hydroxylation is 1. The molecular weight excluding hydrogens is 242 g/mol. The zero-order chi connectivity index (χ0) is 13.8. The SMILES string of the molecule is Cc1cccc([N+](=O)[O-])c1NCC1CCN(C)CC1. The van der Waals surface area contributed by atoms with Gasteiger partial charge < -0.3 is 10.2 Å². The Morgan fingerprint density at radius 3 is 2.74 bits per heavy atom. The summed E-state index contributed by atoms with van der Waals surface area (Å²) >= 11 is 0. The minimum absolute atomic E-state index is 0.174. The molecule has 0 aliphatic carbocycles. The van der Waals surface area contributed by atoms with Crippen molar-refractivity contribution >= 4 is 11.4 Å². The largest absolute Gasteiger partial charge is 0.379 e. The predicted molar refractivity (Wildman–Crippen MR) is 76.5 cm³/mol. The van der Waals surface area contributed by atoms with Crippen LogP contribution in [0.2, 0.25) is 0 Å². The zero-order valence-corrected chi connectivity index (χ0v) is 11.6. The van der Waals surface area contributed by atoms with Crippen LogP contribution < -0.4 is 5.32 Å². The highest BCUT2D eigenvalue weighted by molar-refractivity contribution is 5.65. The maximum atomic E-state index is 11.0. The molecule has 19 heavy (non-hydrogen) atoms. The smallest absolute Gasteiger partial charge is 0.292 e. The van der Waals surface area contributed by atoms with Gasteiger partial charge in [-0.05, 0) is 51.4 Å². The van der Waals surface area contributed by atoms with Gasteiger partial charge in [-0.1, -0.05) is 12.1 Å². The van der Waals surface area contributed by atoms with E-state index in [1.165, 1.54) is 0 Å². The second kappa shape index (κ2) is 6.02. The Hall–Kier alpha value is -1.62. The Morgan fingerprint density at radius 2 is 2.11 bits per heavy atom. The Kier molecular flexibility index (Phi) is 4.37. The van der Waals surface area contributed by atoms with E-state index in [0.29, 0.717) is 11.6 Å². The van der Waals surface area contributed by atoms with Crippen molar-refractivity contribution in [3.8, 4) is 0 Å². The molecule has 2 rings (SSSR count). The van der Waals surface area contributed by atoms with Crippen LogP contribution in [0.25, 0.3) is 0 Å². The van der Waals surface area contributed by atoms with Crippen molar-refractivity contribution in [1.82, 2.24) is 4.90 Å². The van der Waals surface area contributed by atoms with Gasteiger partial charge in [0.1, 0.15) is 5.69 Å². The molecule has 1 saturated heterocycles. The summed E-state index contributed by atoms with van der Waals surface area (Å²) in [5.74, 6) is 0.607. The molecule has 1 aromatic carbocycles. The van der Waals surface area contributed by atoms with Gasteiger partial charge >= 0.3 is 0 Å². The van der Waals surface area contributed by atoms with Crippen molar-refractivity contribution in [3.63, 3.8) is 0 Å². The summed E-state index contributed by atoms with van der Waals surface area (Å²) in [5, 5.41) is 14.3. The molecule has 0 spiro atoms. The Bertz CT molecular complexity index is 454. The highest BCUT2D eigenvalue weighted by Crippen LogP contribution is 2.28. The first-order chi connectivity index (χ1) is 9.08. The van der Waals surface area contributed by atoms with Crippen molar-refractivity contribution in [2.45, 2.75) is 19.8 Å². The van der Waals surface area contributed by atoms with Crippen LogP contribution in [0.3, 0.4) is 0 Å². The average Bonchev–Trinajstić information content (AvgIpc) is 2.39. The number of likely N-dealkylation sites (tertiary alicyclic amines) is 1. The molecule has 1 aliphatic rings. The molecule has 0 radical (unpaired) electrons. The summed E-state index contributed by atoms with van der Waals surface area (Å²) in [5.41, 5.74) is 1.78. The van der Waals surface area contributed by atoms with Crippen molar-refractivity contribution in [3.05, 3.63) is 33.9 Å². The average molecular weight is 263 g/mol. The molecule has 1 heterocycles. The van der Waals surface area contributed by atoms with Gasteiger partial charge in [-0.25, -0.2) is 0 Å². The Labute approximate surface area is 113 Å². The molecule has 1 aliphatic heterocycles. The van der Waals surface area contributed by atoms with E-state index < -0.39 is 0 Å². The summed E-state index contributed by atoms with van der Waals surface area (Å²) < 4.78 is 0. The number of rotatable bonds is 4. The van der Waals surface area contributed by atoms with Crippen LogP contribution in [0, 0.1) is 23.0 Å². The number of para-hydroxylation sites is 1. The molecule has 5 heteroatoms. The van der Waals surface area contributed by atoms with Gasteiger partial charge in [-0.2, -0.15) is 0 Å². The van der Waals surface area contributed by atoms with Crippen LogP contribution in [0.1, 0.15) is 18.4 Å². The van der Waals surface area contributed by atoms with E-state index >= 15 is 0 Å². The van der Waals surface area contributed by atoms with Gasteiger partial charge in [0, 0.05) is 12.6 Å². The highest BCUT2D eigenvalue weighted by atomic mass is 16.6. The van der Waals surface area contributed by atoms with E-state index in [1.54, 1.807) is 12.1 Å². The van der Waals surface area contributed by atoms with Gasteiger partial charge in [0.15, 0.2) is 0 Å². The third-order valence-electron chi connectivity index (χ3n) is 3.85. The third kappa shape index (κ3) is 3.44. The molecule has 1 fully saturated rings. The fraction of sp³-hybridized carbons (Fsp3) is 0.571. The predicted octanol–water partition coefficient (Wildman–Crippen LogP) is 2.66. The van der Waals surface area contributed by atoms with Gasteiger partial charge in [0.2, 0.25) is 0 Å². The molecule has 104 valence electrons. The van der Waals surface area contributed by atoms with Crippen molar-refractivity contribution in [1.29, 1.82) is 0 Å². The standard InChI is InChI=1S/C14H21N3O2/c1-11-4-3-5-13(17(18)19)14(11)15-10-12-6-8-16(2)9-7-12/h3-5,12,15H,6-10H2,1-2H3. The van der Waals surface area contributed by atoms with E-state index in [4.69, 9.17) is 0 Å². The van der Waals surface area contributed by atoms with E-state index in [9.17, 15) is 10.1 Å². The van der Waals surface area contributed by atoms with Crippen LogP contribution in [0.4, 0.5) is 11.4 Å². The lowest BCUT2D eigenvalue weighted by atomic mass is 9.97.